The molecule has 0 heterocycles. The normalized spacial score (nSPS) is 11.5. The van der Waals surface area contributed by atoms with E-state index in [-0.39, 0.29) is 0 Å². The number of hydrogen-bond donors (Lipinski definition) is 2. The highest BCUT2D eigenvalue weighted by Gasteiger charge is 1.99. The molecule has 0 aliphatic heterocycles. The molecule has 2 heteroatoms. The molecule has 0 saturated heterocycles. The minimum Gasteiger partial charge on any atom is -0.317 e. The van der Waals surface area contributed by atoms with Crippen LogP contribution < -0.4 is 10.6 Å². The fraction of sp³-hybridized carbons (Fsp3) is 1.00. The van der Waals surface area contributed by atoms with Gasteiger partial charge in [-0.05, 0) is 51.9 Å². The molecule has 0 rings (SSSR count). The van der Waals surface area contributed by atoms with Crippen LogP contribution in [-0.4, -0.2) is 26.2 Å². The van der Waals surface area contributed by atoms with Crippen LogP contribution in [0.3, 0.4) is 0 Å². The van der Waals surface area contributed by atoms with Crippen LogP contribution in [0.5, 0.6) is 0 Å². The van der Waals surface area contributed by atoms with Crippen molar-refractivity contribution in [2.45, 2.75) is 387 Å². The Morgan fingerprint density at radius 3 is 0.318 bits per heavy atom. The Morgan fingerprint density at radius 2 is 0.212 bits per heavy atom. The minimum atomic E-state index is 1.25. The van der Waals surface area contributed by atoms with E-state index in [4.69, 9.17) is 0 Å². The second-order valence-electron chi connectivity index (χ2n) is 21.9. The fourth-order valence-corrected chi connectivity index (χ4v) is 10.0. The van der Waals surface area contributed by atoms with Gasteiger partial charge in [0.25, 0.3) is 0 Å². The van der Waals surface area contributed by atoms with Crippen molar-refractivity contribution in [1.82, 2.24) is 10.6 Å². The van der Waals surface area contributed by atoms with Gasteiger partial charge in [0.15, 0.2) is 0 Å². The standard InChI is InChI=1S/C36H75N.C28H59N/c1-3-5-7-9-11-13-15-17-19-21-23-25-27-29-31-33-35-37-36-34-32-30-28-26-24-22-20-18-16-14-12-10-8-6-4-2;1-3-5-7-9-11-13-15-17-19-21-23-25-27-29-28-26-24-22-20-18-16-14-12-10-8-6-4-2/h37H,3-36H2,1-2H3;29H,3-28H2,1-2H3. The van der Waals surface area contributed by atoms with Gasteiger partial charge in [0, 0.05) is 0 Å². The number of hydrogen-bond acceptors (Lipinski definition) is 2. The van der Waals surface area contributed by atoms with Crippen molar-refractivity contribution in [3.05, 3.63) is 0 Å². The lowest BCUT2D eigenvalue weighted by Crippen LogP contribution is -2.16. The first-order valence-corrected chi connectivity index (χ1v) is 32.2. The number of unbranched alkanes of at least 4 members (excludes halogenated alkanes) is 52. The summed E-state index contributed by atoms with van der Waals surface area (Å²) in [5.41, 5.74) is 0. The predicted molar refractivity (Wildman–Crippen MR) is 307 cm³/mol. The summed E-state index contributed by atoms with van der Waals surface area (Å²) in [6, 6.07) is 0. The fourth-order valence-electron chi connectivity index (χ4n) is 10.0. The van der Waals surface area contributed by atoms with Crippen molar-refractivity contribution < 1.29 is 0 Å². The van der Waals surface area contributed by atoms with E-state index in [2.05, 4.69) is 38.3 Å². The van der Waals surface area contributed by atoms with Gasteiger partial charge in [0.2, 0.25) is 0 Å². The zero-order valence-corrected chi connectivity index (χ0v) is 47.4. The highest BCUT2D eigenvalue weighted by atomic mass is 14.8. The molecule has 0 bridgehead atoms. The largest absolute Gasteiger partial charge is 0.317 e. The van der Waals surface area contributed by atoms with E-state index < -0.39 is 0 Å². The molecule has 0 aromatic heterocycles. The average Bonchev–Trinajstić information content (AvgIpc) is 3.33. The van der Waals surface area contributed by atoms with Gasteiger partial charge < -0.3 is 10.6 Å². The molecule has 0 amide bonds. The van der Waals surface area contributed by atoms with Gasteiger partial charge >= 0.3 is 0 Å². The summed E-state index contributed by atoms with van der Waals surface area (Å²) < 4.78 is 0. The Kier molecular flexibility index (Phi) is 71.3. The molecule has 400 valence electrons. The first-order chi connectivity index (χ1) is 32.8. The van der Waals surface area contributed by atoms with Gasteiger partial charge in [0.05, 0.1) is 0 Å². The van der Waals surface area contributed by atoms with Crippen LogP contribution in [0.15, 0.2) is 0 Å². The molecule has 0 aromatic carbocycles. The lowest BCUT2D eigenvalue weighted by Gasteiger charge is -2.06. The Morgan fingerprint density at radius 1 is 0.121 bits per heavy atom. The quantitative estimate of drug-likeness (QED) is 0.0594. The second-order valence-corrected chi connectivity index (χ2v) is 21.9. The Labute approximate surface area is 422 Å². The van der Waals surface area contributed by atoms with E-state index in [1.54, 1.807) is 0 Å². The summed E-state index contributed by atoms with van der Waals surface area (Å²) in [6.07, 6.45) is 81.5. The lowest BCUT2D eigenvalue weighted by molar-refractivity contribution is 0.515. The third-order valence-electron chi connectivity index (χ3n) is 14.8. The smallest absolute Gasteiger partial charge is 0.00489 e. The summed E-state index contributed by atoms with van der Waals surface area (Å²) in [4.78, 5) is 0. The molecule has 0 atom stereocenters. The molecule has 0 saturated carbocycles. The molecule has 0 aliphatic rings. The lowest BCUT2D eigenvalue weighted by atomic mass is 10.0. The van der Waals surface area contributed by atoms with Crippen LogP contribution in [-0.2, 0) is 0 Å². The molecule has 2 nitrogen and oxygen atoms in total. The van der Waals surface area contributed by atoms with Crippen molar-refractivity contribution in [2.75, 3.05) is 26.2 Å². The zero-order chi connectivity index (χ0) is 47.8. The van der Waals surface area contributed by atoms with Gasteiger partial charge in [-0.15, -0.1) is 0 Å². The van der Waals surface area contributed by atoms with Gasteiger partial charge in [-0.3, -0.25) is 0 Å². The molecular formula is C64H134N2. The summed E-state index contributed by atoms with van der Waals surface area (Å²) >= 11 is 0. The predicted octanol–water partition coefficient (Wildman–Crippen LogP) is 23.1. The number of rotatable bonds is 60. The van der Waals surface area contributed by atoms with E-state index in [9.17, 15) is 0 Å². The molecule has 2 N–H and O–H groups in total. The Bertz CT molecular complexity index is 691. The Hall–Kier alpha value is -0.0800. The first kappa shape index (κ1) is 68.0. The third-order valence-corrected chi connectivity index (χ3v) is 14.8. The minimum absolute atomic E-state index is 1.25. The third kappa shape index (κ3) is 70.5. The van der Waals surface area contributed by atoms with Gasteiger partial charge in [-0.25, -0.2) is 0 Å². The molecule has 0 radical (unpaired) electrons. The van der Waals surface area contributed by atoms with Gasteiger partial charge in [-0.2, -0.15) is 0 Å². The molecular weight excluding hydrogens is 797 g/mol. The summed E-state index contributed by atoms with van der Waals surface area (Å²) in [5.74, 6) is 0. The molecule has 0 unspecified atom stereocenters. The maximum atomic E-state index is 3.68. The summed E-state index contributed by atoms with van der Waals surface area (Å²) in [7, 11) is 0. The SMILES string of the molecule is CCCCCCCCCCCCCCCCCCNCCCCCCCCCCCCCCCCCC.CCCCCCCCCCCCCCNCCCCCCCCCCCCCC. The van der Waals surface area contributed by atoms with Crippen molar-refractivity contribution in [3.63, 3.8) is 0 Å². The van der Waals surface area contributed by atoms with Crippen LogP contribution >= 0.6 is 0 Å². The van der Waals surface area contributed by atoms with E-state index in [1.165, 1.54) is 386 Å². The van der Waals surface area contributed by atoms with Crippen LogP contribution in [0.25, 0.3) is 0 Å². The first-order valence-electron chi connectivity index (χ1n) is 32.2. The molecule has 0 aliphatic carbocycles. The van der Waals surface area contributed by atoms with Gasteiger partial charge in [0.1, 0.15) is 0 Å². The molecule has 0 aromatic rings. The number of nitrogens with one attached hydrogen (secondary N) is 2. The highest BCUT2D eigenvalue weighted by Crippen LogP contribution is 2.17. The van der Waals surface area contributed by atoms with Crippen molar-refractivity contribution in [1.29, 1.82) is 0 Å². The highest BCUT2D eigenvalue weighted by molar-refractivity contribution is 4.56. The maximum absolute atomic E-state index is 3.68. The van der Waals surface area contributed by atoms with Crippen LogP contribution in [0.1, 0.15) is 387 Å². The van der Waals surface area contributed by atoms with Crippen LogP contribution in [0.2, 0.25) is 0 Å². The zero-order valence-electron chi connectivity index (χ0n) is 47.4. The summed E-state index contributed by atoms with van der Waals surface area (Å²) in [5, 5.41) is 7.34. The van der Waals surface area contributed by atoms with E-state index >= 15 is 0 Å². The second kappa shape index (κ2) is 69.2. The van der Waals surface area contributed by atoms with Crippen molar-refractivity contribution in [3.8, 4) is 0 Å². The van der Waals surface area contributed by atoms with Crippen molar-refractivity contribution in [2.24, 2.45) is 0 Å². The molecule has 66 heavy (non-hydrogen) atoms. The monoisotopic (exact) mass is 931 g/mol. The topological polar surface area (TPSA) is 24.1 Å². The van der Waals surface area contributed by atoms with Gasteiger partial charge in [-0.1, -0.05) is 362 Å². The van der Waals surface area contributed by atoms with Crippen molar-refractivity contribution >= 4 is 0 Å². The maximum Gasteiger partial charge on any atom is -0.00489 e. The van der Waals surface area contributed by atoms with E-state index in [0.29, 0.717) is 0 Å². The average molecular weight is 932 g/mol. The Balaban J connectivity index is 0. The van der Waals surface area contributed by atoms with Crippen LogP contribution in [0.4, 0.5) is 0 Å². The van der Waals surface area contributed by atoms with E-state index in [1.807, 2.05) is 0 Å². The van der Waals surface area contributed by atoms with E-state index in [0.717, 1.165) is 0 Å². The van der Waals surface area contributed by atoms with Crippen LogP contribution in [0, 0.1) is 0 Å². The molecule has 0 fully saturated rings. The summed E-state index contributed by atoms with van der Waals surface area (Å²) in [6.45, 7) is 14.2. The molecule has 0 spiro atoms.